The molecule has 0 aliphatic heterocycles. The second kappa shape index (κ2) is 7.56. The summed E-state index contributed by atoms with van der Waals surface area (Å²) >= 11 is 0. The number of unbranched alkanes of at least 4 members (excludes halogenated alkanes) is 1. The highest BCUT2D eigenvalue weighted by atomic mass is 16.5. The number of carboxylic acid groups (broad SMARTS) is 1. The molecule has 0 atom stereocenters. The second-order valence-electron chi connectivity index (χ2n) is 6.50. The molecule has 0 aliphatic rings. The van der Waals surface area contributed by atoms with Gasteiger partial charge >= 0.3 is 5.97 Å². The molecule has 0 spiro atoms. The van der Waals surface area contributed by atoms with Crippen LogP contribution in [0, 0.1) is 6.92 Å². The fraction of sp³-hybridized carbons (Fsp3) is 0.273. The van der Waals surface area contributed by atoms with E-state index in [0.717, 1.165) is 41.7 Å². The van der Waals surface area contributed by atoms with Crippen molar-refractivity contribution in [2.24, 2.45) is 0 Å². The van der Waals surface area contributed by atoms with E-state index in [1.165, 1.54) is 0 Å². The number of ether oxygens (including phenoxy) is 1. The first-order chi connectivity index (χ1) is 12.5. The first-order valence-corrected chi connectivity index (χ1v) is 8.85. The Morgan fingerprint density at radius 2 is 1.96 bits per heavy atom. The topological polar surface area (TPSA) is 59.4 Å². The van der Waals surface area contributed by atoms with E-state index in [0.29, 0.717) is 16.6 Å². The van der Waals surface area contributed by atoms with E-state index in [2.05, 4.69) is 6.92 Å². The van der Waals surface area contributed by atoms with Crippen LogP contribution < -0.4 is 4.74 Å². The molecule has 0 saturated carbocycles. The van der Waals surface area contributed by atoms with Gasteiger partial charge in [-0.1, -0.05) is 19.4 Å². The number of methoxy groups -OCH3 is 1. The molecule has 0 bridgehead atoms. The van der Waals surface area contributed by atoms with Crippen molar-refractivity contribution in [2.75, 3.05) is 7.11 Å². The van der Waals surface area contributed by atoms with Crippen LogP contribution >= 0.6 is 0 Å². The van der Waals surface area contributed by atoms with Crippen LogP contribution in [0.25, 0.3) is 22.2 Å². The molecule has 0 fully saturated rings. The molecule has 2 aromatic carbocycles. The van der Waals surface area contributed by atoms with Crippen LogP contribution in [0.5, 0.6) is 5.75 Å². The predicted molar refractivity (Wildman–Crippen MR) is 104 cm³/mol. The summed E-state index contributed by atoms with van der Waals surface area (Å²) in [6.07, 6.45) is 3.15. The van der Waals surface area contributed by atoms with Crippen LogP contribution in [0.15, 0.2) is 42.5 Å². The number of aromatic carboxylic acids is 1. The summed E-state index contributed by atoms with van der Waals surface area (Å²) < 4.78 is 5.30. The normalized spacial score (nSPS) is 10.9. The van der Waals surface area contributed by atoms with Crippen LogP contribution in [-0.2, 0) is 6.42 Å². The van der Waals surface area contributed by atoms with E-state index in [1.54, 1.807) is 13.2 Å². The molecule has 0 saturated heterocycles. The van der Waals surface area contributed by atoms with Crippen molar-refractivity contribution in [3.8, 4) is 17.0 Å². The lowest BCUT2D eigenvalue weighted by Crippen LogP contribution is -2.01. The SMILES string of the molecule is CCCCc1ccc2nc(-c3ccc(OC)c(C)c3)cc(C(=O)O)c2c1. The van der Waals surface area contributed by atoms with E-state index in [-0.39, 0.29) is 5.56 Å². The molecule has 1 aromatic heterocycles. The van der Waals surface area contributed by atoms with Crippen molar-refractivity contribution in [2.45, 2.75) is 33.1 Å². The Hall–Kier alpha value is -2.88. The van der Waals surface area contributed by atoms with Crippen LogP contribution in [0.1, 0.15) is 41.3 Å². The highest BCUT2D eigenvalue weighted by Gasteiger charge is 2.14. The molecule has 4 heteroatoms. The zero-order valence-corrected chi connectivity index (χ0v) is 15.4. The molecule has 0 amide bonds. The van der Waals surface area contributed by atoms with Crippen molar-refractivity contribution >= 4 is 16.9 Å². The summed E-state index contributed by atoms with van der Waals surface area (Å²) in [5.41, 5.74) is 4.66. The third-order valence-electron chi connectivity index (χ3n) is 4.61. The molecular weight excluding hydrogens is 326 g/mol. The van der Waals surface area contributed by atoms with E-state index in [1.807, 2.05) is 43.3 Å². The molecule has 0 aliphatic carbocycles. The zero-order valence-electron chi connectivity index (χ0n) is 15.4. The molecular formula is C22H23NO3. The minimum atomic E-state index is -0.934. The Bertz CT molecular complexity index is 963. The van der Waals surface area contributed by atoms with E-state index in [9.17, 15) is 9.90 Å². The average Bonchev–Trinajstić information content (AvgIpc) is 2.65. The molecule has 26 heavy (non-hydrogen) atoms. The minimum Gasteiger partial charge on any atom is -0.496 e. The smallest absolute Gasteiger partial charge is 0.336 e. The van der Waals surface area contributed by atoms with E-state index >= 15 is 0 Å². The fourth-order valence-electron chi connectivity index (χ4n) is 3.17. The first-order valence-electron chi connectivity index (χ1n) is 8.85. The Morgan fingerprint density at radius 1 is 1.15 bits per heavy atom. The predicted octanol–water partition coefficient (Wildman–Crippen LogP) is 5.26. The van der Waals surface area contributed by atoms with Gasteiger partial charge in [0.05, 0.1) is 23.9 Å². The number of benzene rings is 2. The van der Waals surface area contributed by atoms with E-state index in [4.69, 9.17) is 9.72 Å². The Kier molecular flexibility index (Phi) is 5.21. The monoisotopic (exact) mass is 349 g/mol. The Labute approximate surface area is 153 Å². The van der Waals surface area contributed by atoms with Gasteiger partial charge in [-0.15, -0.1) is 0 Å². The fourth-order valence-corrected chi connectivity index (χ4v) is 3.17. The highest BCUT2D eigenvalue weighted by Crippen LogP contribution is 2.29. The van der Waals surface area contributed by atoms with Gasteiger partial charge in [0.25, 0.3) is 0 Å². The number of fused-ring (bicyclic) bond motifs is 1. The van der Waals surface area contributed by atoms with Crippen LogP contribution in [0.3, 0.4) is 0 Å². The Morgan fingerprint density at radius 3 is 2.62 bits per heavy atom. The van der Waals surface area contributed by atoms with Crippen molar-refractivity contribution in [3.63, 3.8) is 0 Å². The maximum absolute atomic E-state index is 11.8. The quantitative estimate of drug-likeness (QED) is 0.659. The minimum absolute atomic E-state index is 0.289. The van der Waals surface area contributed by atoms with Gasteiger partial charge in [-0.3, -0.25) is 0 Å². The summed E-state index contributed by atoms with van der Waals surface area (Å²) in [7, 11) is 1.63. The molecule has 1 N–H and O–H groups in total. The number of hydrogen-bond acceptors (Lipinski definition) is 3. The summed E-state index contributed by atoms with van der Waals surface area (Å²) in [5, 5.41) is 10.4. The number of carboxylic acids is 1. The van der Waals surface area contributed by atoms with Crippen molar-refractivity contribution in [1.29, 1.82) is 0 Å². The van der Waals surface area contributed by atoms with Crippen LogP contribution in [-0.4, -0.2) is 23.2 Å². The maximum atomic E-state index is 11.8. The molecule has 1 heterocycles. The number of nitrogens with zero attached hydrogens (tertiary/aromatic N) is 1. The largest absolute Gasteiger partial charge is 0.496 e. The lowest BCUT2D eigenvalue weighted by atomic mass is 9.99. The third-order valence-corrected chi connectivity index (χ3v) is 4.61. The number of carbonyl (C=O) groups is 1. The van der Waals surface area contributed by atoms with Crippen LogP contribution in [0.4, 0.5) is 0 Å². The van der Waals surface area contributed by atoms with Gasteiger partial charge < -0.3 is 9.84 Å². The van der Waals surface area contributed by atoms with Crippen molar-refractivity contribution in [1.82, 2.24) is 4.98 Å². The summed E-state index contributed by atoms with van der Waals surface area (Å²) in [4.78, 5) is 16.5. The first kappa shape index (κ1) is 17.9. The molecule has 0 unspecified atom stereocenters. The lowest BCUT2D eigenvalue weighted by molar-refractivity contribution is 0.0699. The highest BCUT2D eigenvalue weighted by molar-refractivity contribution is 6.04. The van der Waals surface area contributed by atoms with E-state index < -0.39 is 5.97 Å². The third kappa shape index (κ3) is 3.54. The number of pyridine rings is 1. The van der Waals surface area contributed by atoms with Crippen LogP contribution in [0.2, 0.25) is 0 Å². The molecule has 3 rings (SSSR count). The summed E-state index contributed by atoms with van der Waals surface area (Å²) in [6.45, 7) is 4.11. The maximum Gasteiger partial charge on any atom is 0.336 e. The van der Waals surface area contributed by atoms with Gasteiger partial charge in [0.1, 0.15) is 5.75 Å². The molecule has 4 nitrogen and oxygen atoms in total. The van der Waals surface area contributed by atoms with Gasteiger partial charge in [-0.05, 0) is 67.3 Å². The number of aromatic nitrogens is 1. The van der Waals surface area contributed by atoms with Crippen molar-refractivity contribution < 1.29 is 14.6 Å². The van der Waals surface area contributed by atoms with Gasteiger partial charge in [0, 0.05) is 10.9 Å². The Balaban J connectivity index is 2.13. The number of hydrogen-bond donors (Lipinski definition) is 1. The number of rotatable bonds is 6. The average molecular weight is 349 g/mol. The van der Waals surface area contributed by atoms with Crippen molar-refractivity contribution in [3.05, 3.63) is 59.2 Å². The molecule has 3 aromatic rings. The van der Waals surface area contributed by atoms with Gasteiger partial charge in [-0.25, -0.2) is 9.78 Å². The number of aryl methyl sites for hydroxylation is 2. The molecule has 0 radical (unpaired) electrons. The summed E-state index contributed by atoms with van der Waals surface area (Å²) in [6, 6.07) is 13.3. The second-order valence-corrected chi connectivity index (χ2v) is 6.50. The molecule has 134 valence electrons. The van der Waals surface area contributed by atoms with Gasteiger partial charge in [-0.2, -0.15) is 0 Å². The standard InChI is InChI=1S/C22H23NO3/c1-4-5-6-15-7-9-19-17(12-15)18(22(24)25)13-20(23-19)16-8-10-21(26-3)14(2)11-16/h7-13H,4-6H2,1-3H3,(H,24,25). The zero-order chi connectivity index (χ0) is 18.7. The summed E-state index contributed by atoms with van der Waals surface area (Å²) in [5.74, 6) is -0.134. The van der Waals surface area contributed by atoms with Gasteiger partial charge in [0.15, 0.2) is 0 Å². The lowest BCUT2D eigenvalue weighted by Gasteiger charge is -2.11. The van der Waals surface area contributed by atoms with Gasteiger partial charge in [0.2, 0.25) is 0 Å².